The Balaban J connectivity index is 1.69. The van der Waals surface area contributed by atoms with Crippen LogP contribution in [0.3, 0.4) is 0 Å². The van der Waals surface area contributed by atoms with Crippen molar-refractivity contribution in [2.45, 2.75) is 19.4 Å². The van der Waals surface area contributed by atoms with Crippen molar-refractivity contribution in [2.24, 2.45) is 0 Å². The van der Waals surface area contributed by atoms with E-state index in [4.69, 9.17) is 0 Å². The van der Waals surface area contributed by atoms with Gasteiger partial charge in [-0.05, 0) is 42.3 Å². The Bertz CT molecular complexity index is 956. The van der Waals surface area contributed by atoms with E-state index in [0.717, 1.165) is 5.56 Å². The van der Waals surface area contributed by atoms with Crippen LogP contribution in [0.15, 0.2) is 78.9 Å². The molecule has 0 bridgehead atoms. The summed E-state index contributed by atoms with van der Waals surface area (Å²) in [4.78, 5) is 25.1. The first-order valence-corrected chi connectivity index (χ1v) is 9.02. The zero-order valence-electron chi connectivity index (χ0n) is 15.5. The molecule has 0 spiro atoms. The van der Waals surface area contributed by atoms with Gasteiger partial charge < -0.3 is 10.6 Å². The van der Waals surface area contributed by atoms with Gasteiger partial charge in [0.05, 0.1) is 23.7 Å². The molecule has 0 aromatic heterocycles. The number of para-hydroxylation sites is 1. The van der Waals surface area contributed by atoms with Gasteiger partial charge in [-0.25, -0.2) is 4.39 Å². The standard InChI is InChI=1S/C23H21FN2O2/c1-16(18-7-3-2-4-8-18)25-23(28)20-9-5-6-10-21(20)26-22(27)15-17-11-13-19(24)14-12-17/h2-14,16H,15H2,1H3,(H,25,28)(H,26,27)/t16-/m0/s1. The van der Waals surface area contributed by atoms with Gasteiger partial charge in [0, 0.05) is 0 Å². The van der Waals surface area contributed by atoms with Crippen LogP contribution in [0, 0.1) is 5.82 Å². The number of hydrogen-bond acceptors (Lipinski definition) is 2. The zero-order valence-corrected chi connectivity index (χ0v) is 15.5. The maximum atomic E-state index is 13.0. The Kier molecular flexibility index (Phi) is 6.17. The molecule has 0 aliphatic carbocycles. The fraction of sp³-hybridized carbons (Fsp3) is 0.130. The Morgan fingerprint density at radius 2 is 1.54 bits per heavy atom. The van der Waals surface area contributed by atoms with Crippen LogP contribution in [0.5, 0.6) is 0 Å². The molecule has 2 N–H and O–H groups in total. The number of amides is 2. The maximum absolute atomic E-state index is 13.0. The van der Waals surface area contributed by atoms with E-state index < -0.39 is 0 Å². The molecule has 3 aromatic carbocycles. The highest BCUT2D eigenvalue weighted by Gasteiger charge is 2.16. The van der Waals surface area contributed by atoms with Crippen molar-refractivity contribution in [3.63, 3.8) is 0 Å². The number of nitrogens with one attached hydrogen (secondary N) is 2. The van der Waals surface area contributed by atoms with Crippen LogP contribution in [0.2, 0.25) is 0 Å². The first kappa shape index (κ1) is 19.3. The lowest BCUT2D eigenvalue weighted by Gasteiger charge is -2.16. The number of rotatable bonds is 6. The predicted molar refractivity (Wildman–Crippen MR) is 107 cm³/mol. The topological polar surface area (TPSA) is 58.2 Å². The molecule has 0 heterocycles. The molecule has 0 aliphatic rings. The van der Waals surface area contributed by atoms with E-state index in [9.17, 15) is 14.0 Å². The molecule has 28 heavy (non-hydrogen) atoms. The second-order valence-electron chi connectivity index (χ2n) is 6.50. The fourth-order valence-corrected chi connectivity index (χ4v) is 2.87. The number of anilines is 1. The Labute approximate surface area is 163 Å². The first-order valence-electron chi connectivity index (χ1n) is 9.02. The molecular formula is C23H21FN2O2. The molecule has 0 aliphatic heterocycles. The van der Waals surface area contributed by atoms with Gasteiger partial charge in [0.2, 0.25) is 5.91 Å². The van der Waals surface area contributed by atoms with E-state index in [1.807, 2.05) is 37.3 Å². The molecule has 0 radical (unpaired) electrons. The minimum atomic E-state index is -0.348. The SMILES string of the molecule is C[C@H](NC(=O)c1ccccc1NC(=O)Cc1ccc(F)cc1)c1ccccc1. The molecule has 5 heteroatoms. The van der Waals surface area contributed by atoms with E-state index >= 15 is 0 Å². The number of carbonyl (C=O) groups excluding carboxylic acids is 2. The third-order valence-electron chi connectivity index (χ3n) is 4.37. The normalized spacial score (nSPS) is 11.5. The van der Waals surface area contributed by atoms with Gasteiger partial charge in [-0.2, -0.15) is 0 Å². The molecular weight excluding hydrogens is 355 g/mol. The van der Waals surface area contributed by atoms with Gasteiger partial charge in [-0.15, -0.1) is 0 Å². The maximum Gasteiger partial charge on any atom is 0.253 e. The van der Waals surface area contributed by atoms with Crippen molar-refractivity contribution < 1.29 is 14.0 Å². The zero-order chi connectivity index (χ0) is 19.9. The summed E-state index contributed by atoms with van der Waals surface area (Å²) in [6, 6.07) is 22.1. The van der Waals surface area contributed by atoms with Gasteiger partial charge in [-0.1, -0.05) is 54.6 Å². The lowest BCUT2D eigenvalue weighted by Crippen LogP contribution is -2.28. The highest BCUT2D eigenvalue weighted by molar-refractivity contribution is 6.04. The van der Waals surface area contributed by atoms with Crippen LogP contribution in [-0.4, -0.2) is 11.8 Å². The largest absolute Gasteiger partial charge is 0.345 e. The van der Waals surface area contributed by atoms with Crippen LogP contribution in [0.1, 0.15) is 34.5 Å². The van der Waals surface area contributed by atoms with Crippen LogP contribution >= 0.6 is 0 Å². The summed E-state index contributed by atoms with van der Waals surface area (Å²) >= 11 is 0. The van der Waals surface area contributed by atoms with Crippen LogP contribution in [0.4, 0.5) is 10.1 Å². The van der Waals surface area contributed by atoms with Gasteiger partial charge in [-0.3, -0.25) is 9.59 Å². The van der Waals surface area contributed by atoms with Crippen LogP contribution in [0.25, 0.3) is 0 Å². The second kappa shape index (κ2) is 8.95. The molecule has 3 rings (SSSR count). The molecule has 0 unspecified atom stereocenters. The summed E-state index contributed by atoms with van der Waals surface area (Å²) in [6.45, 7) is 1.91. The molecule has 0 saturated carbocycles. The summed E-state index contributed by atoms with van der Waals surface area (Å²) in [5, 5.41) is 5.72. The molecule has 4 nitrogen and oxygen atoms in total. The van der Waals surface area contributed by atoms with Crippen LogP contribution < -0.4 is 10.6 Å². The van der Waals surface area contributed by atoms with E-state index in [2.05, 4.69) is 10.6 Å². The van der Waals surface area contributed by atoms with Gasteiger partial charge in [0.15, 0.2) is 0 Å². The Hall–Kier alpha value is -3.47. The molecule has 2 amide bonds. The minimum absolute atomic E-state index is 0.0939. The van der Waals surface area contributed by atoms with E-state index in [0.29, 0.717) is 16.8 Å². The average Bonchev–Trinajstić information content (AvgIpc) is 2.70. The predicted octanol–water partition coefficient (Wildman–Crippen LogP) is 4.50. The lowest BCUT2D eigenvalue weighted by atomic mass is 10.1. The average molecular weight is 376 g/mol. The fourth-order valence-electron chi connectivity index (χ4n) is 2.87. The molecule has 142 valence electrons. The third-order valence-corrected chi connectivity index (χ3v) is 4.37. The lowest BCUT2D eigenvalue weighted by molar-refractivity contribution is -0.115. The van der Waals surface area contributed by atoms with Crippen molar-refractivity contribution in [3.8, 4) is 0 Å². The monoisotopic (exact) mass is 376 g/mol. The highest BCUT2D eigenvalue weighted by Crippen LogP contribution is 2.18. The van der Waals surface area contributed by atoms with Crippen molar-refractivity contribution in [3.05, 3.63) is 101 Å². The quantitative estimate of drug-likeness (QED) is 0.666. The third kappa shape index (κ3) is 5.04. The highest BCUT2D eigenvalue weighted by atomic mass is 19.1. The number of hydrogen-bond donors (Lipinski definition) is 2. The number of halogens is 1. The summed E-state index contributed by atoms with van der Waals surface area (Å²) in [6.07, 6.45) is 0.0939. The smallest absolute Gasteiger partial charge is 0.253 e. The van der Waals surface area contributed by atoms with Crippen molar-refractivity contribution in [1.82, 2.24) is 5.32 Å². The van der Waals surface area contributed by atoms with Gasteiger partial charge >= 0.3 is 0 Å². The number of benzene rings is 3. The van der Waals surface area contributed by atoms with E-state index in [-0.39, 0.29) is 30.1 Å². The summed E-state index contributed by atoms with van der Waals surface area (Å²) in [5.41, 5.74) is 2.51. The van der Waals surface area contributed by atoms with E-state index in [1.54, 1.807) is 36.4 Å². The molecule has 0 saturated heterocycles. The van der Waals surface area contributed by atoms with Gasteiger partial charge in [0.25, 0.3) is 5.91 Å². The van der Waals surface area contributed by atoms with E-state index in [1.165, 1.54) is 12.1 Å². The van der Waals surface area contributed by atoms with Crippen molar-refractivity contribution in [2.75, 3.05) is 5.32 Å². The number of carbonyl (C=O) groups is 2. The minimum Gasteiger partial charge on any atom is -0.345 e. The van der Waals surface area contributed by atoms with Crippen molar-refractivity contribution >= 4 is 17.5 Å². The summed E-state index contributed by atoms with van der Waals surface area (Å²) in [7, 11) is 0. The molecule has 3 aromatic rings. The van der Waals surface area contributed by atoms with Gasteiger partial charge in [0.1, 0.15) is 5.82 Å². The Morgan fingerprint density at radius 1 is 0.893 bits per heavy atom. The Morgan fingerprint density at radius 3 is 2.25 bits per heavy atom. The molecule has 0 fully saturated rings. The second-order valence-corrected chi connectivity index (χ2v) is 6.50. The summed E-state index contributed by atoms with van der Waals surface area (Å²) < 4.78 is 13.0. The first-order chi connectivity index (χ1) is 13.5. The van der Waals surface area contributed by atoms with Crippen molar-refractivity contribution in [1.29, 1.82) is 0 Å². The van der Waals surface area contributed by atoms with Crippen LogP contribution in [-0.2, 0) is 11.2 Å². The summed E-state index contributed by atoms with van der Waals surface area (Å²) in [5.74, 6) is -0.893. The molecule has 1 atom stereocenters.